The van der Waals surface area contributed by atoms with Gasteiger partial charge in [0, 0.05) is 18.2 Å². The summed E-state index contributed by atoms with van der Waals surface area (Å²) in [4.78, 5) is 30.5. The van der Waals surface area contributed by atoms with E-state index in [0.29, 0.717) is 15.8 Å². The molecule has 7 nitrogen and oxygen atoms in total. The fourth-order valence-corrected chi connectivity index (χ4v) is 4.30. The van der Waals surface area contributed by atoms with E-state index in [4.69, 9.17) is 14.6 Å². The first-order valence-corrected chi connectivity index (χ1v) is 10.8. The van der Waals surface area contributed by atoms with E-state index in [-0.39, 0.29) is 35.5 Å². The number of fused-ring (bicyclic) bond motifs is 2. The van der Waals surface area contributed by atoms with E-state index in [1.807, 2.05) is 60.7 Å². The normalized spacial score (nSPS) is 14.1. The molecule has 1 amide bonds. The Hall–Kier alpha value is -3.04. The van der Waals surface area contributed by atoms with Crippen LogP contribution in [0.2, 0.25) is 0 Å². The van der Waals surface area contributed by atoms with Gasteiger partial charge in [-0.15, -0.1) is 5.52 Å². The zero-order valence-corrected chi connectivity index (χ0v) is 21.7. The molecule has 0 atom stereocenters. The van der Waals surface area contributed by atoms with Crippen molar-refractivity contribution in [2.45, 2.75) is 6.92 Å². The number of aliphatic imine (C=N–C) groups is 1. The van der Waals surface area contributed by atoms with Gasteiger partial charge < -0.3 is 20.1 Å². The molecule has 0 aliphatic carbocycles. The van der Waals surface area contributed by atoms with Crippen LogP contribution < -0.4 is 39.9 Å². The third kappa shape index (κ3) is 5.90. The summed E-state index contributed by atoms with van der Waals surface area (Å²) in [5.74, 6) is -0.611. The largest absolute Gasteiger partial charge is 1.00 e. The van der Waals surface area contributed by atoms with Crippen LogP contribution in [0.15, 0.2) is 82.8 Å². The quantitative estimate of drug-likeness (QED) is 0.263. The Bertz CT molecular complexity index is 1420. The van der Waals surface area contributed by atoms with Gasteiger partial charge in [-0.1, -0.05) is 48.5 Å². The van der Waals surface area contributed by atoms with Crippen LogP contribution in [-0.4, -0.2) is 29.3 Å². The van der Waals surface area contributed by atoms with Crippen molar-refractivity contribution < 1.29 is 49.0 Å². The molecule has 2 N–H and O–H groups in total. The van der Waals surface area contributed by atoms with Crippen LogP contribution in [0.5, 0.6) is 0 Å². The minimum absolute atomic E-state index is 0. The maximum Gasteiger partial charge on any atom is 1.00 e. The van der Waals surface area contributed by atoms with Crippen molar-refractivity contribution in [3.63, 3.8) is 0 Å². The minimum atomic E-state index is -0.833. The Morgan fingerprint density at radius 1 is 1.03 bits per heavy atom. The summed E-state index contributed by atoms with van der Waals surface area (Å²) in [6.45, 7) is 1.08. The molecule has 2 heterocycles. The number of thioether (sulfide) groups is 1. The molecule has 0 bridgehead atoms. The number of anilines is 1. The van der Waals surface area contributed by atoms with Crippen LogP contribution in [-0.2, 0) is 14.3 Å². The summed E-state index contributed by atoms with van der Waals surface area (Å²) in [5, 5.41) is 14.4. The zero-order valence-electron chi connectivity index (χ0n) is 18.9. The van der Waals surface area contributed by atoms with Crippen molar-refractivity contribution in [1.82, 2.24) is 4.98 Å². The maximum atomic E-state index is 12.6. The topological polar surface area (TPSA) is 102 Å². The summed E-state index contributed by atoms with van der Waals surface area (Å²) in [6, 6.07) is 21.9. The molecule has 1 aliphatic rings. The first-order chi connectivity index (χ1) is 15.9. The molecule has 5 rings (SSSR count). The first kappa shape index (κ1) is 25.6. The number of amidine groups is 1. The van der Waals surface area contributed by atoms with E-state index in [0.717, 1.165) is 39.8 Å². The number of carbonyl (C=O) groups is 2. The van der Waals surface area contributed by atoms with Crippen LogP contribution in [0.1, 0.15) is 12.5 Å². The number of hydrogen-bond donors (Lipinski definition) is 2. The number of hydrogen-bond acceptors (Lipinski definition) is 5. The summed E-state index contributed by atoms with van der Waals surface area (Å²) in [7, 11) is 1.58. The molecule has 3 aromatic carbocycles. The Labute approximate surface area is 222 Å². The van der Waals surface area contributed by atoms with Gasteiger partial charge in [-0.2, -0.15) is 11.2 Å². The monoisotopic (exact) mass is 481 g/mol. The summed E-state index contributed by atoms with van der Waals surface area (Å²) >= 11 is 1.28. The summed E-state index contributed by atoms with van der Waals surface area (Å²) in [6.07, 6.45) is 1.77. The van der Waals surface area contributed by atoms with Gasteiger partial charge in [0.25, 0.3) is 11.9 Å². The van der Waals surface area contributed by atoms with Gasteiger partial charge in [-0.3, -0.25) is 9.59 Å². The van der Waals surface area contributed by atoms with Crippen molar-refractivity contribution in [2.75, 3.05) is 12.4 Å². The van der Waals surface area contributed by atoms with E-state index in [1.54, 1.807) is 13.3 Å². The molecule has 0 saturated carbocycles. The number of carbonyl (C=O) groups excluding carboxylic acids is 1. The van der Waals surface area contributed by atoms with Gasteiger partial charge in [-0.05, 0) is 46.1 Å². The van der Waals surface area contributed by atoms with Crippen molar-refractivity contribution >= 4 is 61.9 Å². The van der Waals surface area contributed by atoms with E-state index >= 15 is 0 Å². The van der Waals surface area contributed by atoms with E-state index in [9.17, 15) is 4.79 Å². The molecule has 4 aromatic rings. The number of aromatic nitrogens is 1. The third-order valence-electron chi connectivity index (χ3n) is 4.76. The fourth-order valence-electron chi connectivity index (χ4n) is 3.38. The molecule has 34 heavy (non-hydrogen) atoms. The molecule has 1 aliphatic heterocycles. The molecule has 0 fully saturated rings. The zero-order chi connectivity index (χ0) is 23.4. The second kappa shape index (κ2) is 11.4. The number of benzene rings is 3. The van der Waals surface area contributed by atoms with Crippen molar-refractivity contribution in [1.29, 1.82) is 0 Å². The second-order valence-electron chi connectivity index (χ2n) is 7.11. The van der Waals surface area contributed by atoms with Gasteiger partial charge in [0.05, 0.1) is 7.11 Å². The number of aliphatic carboxylic acids is 1. The van der Waals surface area contributed by atoms with Crippen molar-refractivity contribution in [3.8, 4) is 0 Å². The number of rotatable bonds is 3. The second-order valence-corrected chi connectivity index (χ2v) is 8.11. The fraction of sp³-hybridized carbons (Fsp3) is 0.0800. The van der Waals surface area contributed by atoms with Gasteiger partial charge in [0.1, 0.15) is 10.7 Å². The molecular weight excluding hydrogens is 461 g/mol. The van der Waals surface area contributed by atoms with Crippen LogP contribution in [0.25, 0.3) is 27.4 Å². The number of ether oxygens (including phenoxy) is 1. The molecule has 0 saturated heterocycles. The van der Waals surface area contributed by atoms with Crippen molar-refractivity contribution in [2.24, 2.45) is 4.99 Å². The standard InChI is InChI=1S/C23H16N3O2S.C2H4O2.Na/c1-28-20(17-7-6-14-4-2-3-5-15(14)12-17)21-22(27)26-23(29-21)25-18-8-9-19-16(13-18)10-11-24-19;1-2(3)4;/h2-13H,1H3,(H,25,26,27);1H3,(H,3,4);/q-1;;+1. The number of amides is 1. The molecule has 9 heteroatoms. The van der Waals surface area contributed by atoms with Crippen molar-refractivity contribution in [3.05, 3.63) is 83.4 Å². The Kier molecular flexibility index (Phi) is 8.57. The molecule has 0 radical (unpaired) electrons. The maximum absolute atomic E-state index is 12.6. The van der Waals surface area contributed by atoms with E-state index in [2.05, 4.69) is 21.4 Å². The molecular formula is C25H20N3NaO4S. The van der Waals surface area contributed by atoms with Gasteiger partial charge in [0.2, 0.25) is 0 Å². The Morgan fingerprint density at radius 2 is 1.76 bits per heavy atom. The van der Waals surface area contributed by atoms with Gasteiger partial charge in [-0.25, -0.2) is 0 Å². The predicted octanol–water partition coefficient (Wildman–Crippen LogP) is 2.10. The van der Waals surface area contributed by atoms with Gasteiger partial charge in [0.15, 0.2) is 5.17 Å². The number of carboxylic acid groups (broad SMARTS) is 1. The smallest absolute Gasteiger partial charge is 0.664 e. The summed E-state index contributed by atoms with van der Waals surface area (Å²) in [5.41, 5.74) is 2.64. The average Bonchev–Trinajstić information content (AvgIpc) is 3.40. The minimum Gasteiger partial charge on any atom is -0.664 e. The number of methoxy groups -OCH3 is 1. The first-order valence-electron chi connectivity index (χ1n) is 10.0. The molecule has 0 unspecified atom stereocenters. The molecule has 166 valence electrons. The Balaban J connectivity index is 0.000000603. The van der Waals surface area contributed by atoms with Crippen LogP contribution in [0.4, 0.5) is 5.69 Å². The summed E-state index contributed by atoms with van der Waals surface area (Å²) < 4.78 is 5.61. The van der Waals surface area contributed by atoms with Crippen LogP contribution in [0.3, 0.4) is 0 Å². The molecule has 0 spiro atoms. The van der Waals surface area contributed by atoms with Crippen LogP contribution in [0, 0.1) is 0 Å². The third-order valence-corrected chi connectivity index (χ3v) is 5.72. The van der Waals surface area contributed by atoms with E-state index in [1.165, 1.54) is 11.8 Å². The average molecular weight is 482 g/mol. The Morgan fingerprint density at radius 3 is 2.50 bits per heavy atom. The van der Waals surface area contributed by atoms with Gasteiger partial charge >= 0.3 is 29.6 Å². The molecule has 1 aromatic heterocycles. The SMILES string of the molecule is CC(=O)O.COC(=C1SC(Nc2ccc3[n-]ccc3c2)=NC1=O)c1ccc2ccccc2c1.[Na+]. The number of nitrogens with zero attached hydrogens (tertiary/aromatic N) is 2. The number of nitrogens with one attached hydrogen (secondary N) is 1. The predicted molar refractivity (Wildman–Crippen MR) is 132 cm³/mol. The van der Waals surface area contributed by atoms with Crippen LogP contribution >= 0.6 is 11.8 Å². The van der Waals surface area contributed by atoms with E-state index < -0.39 is 5.97 Å². The number of carboxylic acids is 1.